The van der Waals surface area contributed by atoms with Gasteiger partial charge in [0.2, 0.25) is 0 Å². The summed E-state index contributed by atoms with van der Waals surface area (Å²) in [5.41, 5.74) is 1.62. The molecule has 0 saturated heterocycles. The first-order valence-electron chi connectivity index (χ1n) is 5.95. The molecule has 0 heterocycles. The monoisotopic (exact) mass is 195 g/mol. The van der Waals surface area contributed by atoms with Gasteiger partial charge >= 0.3 is 0 Å². The Labute approximate surface area is 86.4 Å². The molecule has 2 heteroatoms. The average Bonchev–Trinajstić information content (AvgIpc) is 2.78. The number of allylic oxidation sites excluding steroid dienone is 1. The maximum Gasteiger partial charge on any atom is 0.0693 e. The van der Waals surface area contributed by atoms with E-state index < -0.39 is 0 Å². The van der Waals surface area contributed by atoms with Crippen molar-refractivity contribution in [3.8, 4) is 0 Å². The lowest BCUT2D eigenvalue weighted by Crippen LogP contribution is -2.36. The molecule has 1 fully saturated rings. The fourth-order valence-electron chi connectivity index (χ4n) is 2.56. The number of nitrogens with one attached hydrogen (secondary N) is 1. The van der Waals surface area contributed by atoms with E-state index in [0.29, 0.717) is 6.04 Å². The molecule has 1 saturated carbocycles. The fraction of sp³-hybridized carbons (Fsp3) is 0.833. The van der Waals surface area contributed by atoms with Gasteiger partial charge in [-0.25, -0.2) is 0 Å². The predicted octanol–water partition coefficient (Wildman–Crippen LogP) is 1.99. The van der Waals surface area contributed by atoms with Crippen LogP contribution in [0.4, 0.5) is 0 Å². The molecule has 0 aromatic carbocycles. The summed E-state index contributed by atoms with van der Waals surface area (Å²) in [7, 11) is 0. The highest BCUT2D eigenvalue weighted by atomic mass is 16.3. The van der Waals surface area contributed by atoms with Crippen molar-refractivity contribution in [1.29, 1.82) is 0 Å². The van der Waals surface area contributed by atoms with Crippen molar-refractivity contribution in [2.75, 3.05) is 6.54 Å². The molecular weight excluding hydrogens is 174 g/mol. The van der Waals surface area contributed by atoms with Crippen LogP contribution in [0.5, 0.6) is 0 Å². The lowest BCUT2D eigenvalue weighted by atomic mass is 10.1. The molecule has 0 amide bonds. The van der Waals surface area contributed by atoms with E-state index in [2.05, 4.69) is 11.4 Å². The van der Waals surface area contributed by atoms with Gasteiger partial charge in [0.25, 0.3) is 0 Å². The van der Waals surface area contributed by atoms with Crippen LogP contribution >= 0.6 is 0 Å². The third kappa shape index (κ3) is 2.58. The number of hydrogen-bond acceptors (Lipinski definition) is 2. The summed E-state index contributed by atoms with van der Waals surface area (Å²) in [4.78, 5) is 0. The van der Waals surface area contributed by atoms with Crippen LogP contribution in [-0.2, 0) is 0 Å². The van der Waals surface area contributed by atoms with Crippen molar-refractivity contribution in [2.24, 2.45) is 0 Å². The van der Waals surface area contributed by atoms with Crippen LogP contribution < -0.4 is 5.32 Å². The summed E-state index contributed by atoms with van der Waals surface area (Å²) in [6, 6.07) is 0.372. The van der Waals surface area contributed by atoms with E-state index in [-0.39, 0.29) is 6.10 Å². The van der Waals surface area contributed by atoms with E-state index in [4.69, 9.17) is 0 Å². The number of aliphatic hydroxyl groups excluding tert-OH is 1. The highest BCUT2D eigenvalue weighted by Gasteiger charge is 2.24. The van der Waals surface area contributed by atoms with Crippen LogP contribution in [0, 0.1) is 0 Å². The van der Waals surface area contributed by atoms with E-state index >= 15 is 0 Å². The molecule has 0 radical (unpaired) electrons. The molecule has 0 bridgehead atoms. The van der Waals surface area contributed by atoms with Crippen molar-refractivity contribution < 1.29 is 5.11 Å². The first-order valence-corrected chi connectivity index (χ1v) is 5.95. The highest BCUT2D eigenvalue weighted by molar-refractivity contribution is 5.07. The van der Waals surface area contributed by atoms with E-state index in [9.17, 15) is 5.11 Å². The zero-order valence-corrected chi connectivity index (χ0v) is 8.84. The Morgan fingerprint density at radius 1 is 1.36 bits per heavy atom. The minimum Gasteiger partial charge on any atom is -0.392 e. The third-order valence-electron chi connectivity index (χ3n) is 3.47. The number of hydrogen-bond donors (Lipinski definition) is 2. The molecule has 2 rings (SSSR count). The Morgan fingerprint density at radius 2 is 2.29 bits per heavy atom. The molecule has 0 aliphatic heterocycles. The Balaban J connectivity index is 1.62. The predicted molar refractivity (Wildman–Crippen MR) is 58.2 cm³/mol. The van der Waals surface area contributed by atoms with Gasteiger partial charge in [0.1, 0.15) is 0 Å². The first kappa shape index (κ1) is 10.2. The third-order valence-corrected chi connectivity index (χ3v) is 3.47. The Kier molecular flexibility index (Phi) is 3.60. The molecule has 0 unspecified atom stereocenters. The number of aliphatic hydroxyl groups is 1. The number of rotatable bonds is 4. The van der Waals surface area contributed by atoms with Crippen LogP contribution in [-0.4, -0.2) is 23.8 Å². The first-order chi connectivity index (χ1) is 6.86. The second-order valence-corrected chi connectivity index (χ2v) is 4.56. The van der Waals surface area contributed by atoms with E-state index in [1.165, 1.54) is 32.1 Å². The van der Waals surface area contributed by atoms with Gasteiger partial charge in [-0.3, -0.25) is 0 Å². The standard InChI is InChI=1S/C12H21NO/c14-12-7-3-6-11(12)13-9-8-10-4-1-2-5-10/h4,11-14H,1-3,5-9H2/t11-,12-/m0/s1. The summed E-state index contributed by atoms with van der Waals surface area (Å²) in [5.74, 6) is 0. The summed E-state index contributed by atoms with van der Waals surface area (Å²) in [6.07, 6.45) is 10.7. The average molecular weight is 195 g/mol. The summed E-state index contributed by atoms with van der Waals surface area (Å²) in [6.45, 7) is 1.05. The van der Waals surface area contributed by atoms with Crippen LogP contribution in [0.2, 0.25) is 0 Å². The highest BCUT2D eigenvalue weighted by Crippen LogP contribution is 2.21. The Bertz CT molecular complexity index is 212. The van der Waals surface area contributed by atoms with Gasteiger partial charge in [-0.05, 0) is 51.5 Å². The second-order valence-electron chi connectivity index (χ2n) is 4.56. The van der Waals surface area contributed by atoms with Gasteiger partial charge in [0.15, 0.2) is 0 Å². The lowest BCUT2D eigenvalue weighted by Gasteiger charge is -2.16. The second kappa shape index (κ2) is 4.94. The minimum absolute atomic E-state index is 0.0902. The van der Waals surface area contributed by atoms with Crippen LogP contribution in [0.25, 0.3) is 0 Å². The smallest absolute Gasteiger partial charge is 0.0693 e. The van der Waals surface area contributed by atoms with E-state index in [0.717, 1.165) is 19.4 Å². The summed E-state index contributed by atoms with van der Waals surface area (Å²) >= 11 is 0. The minimum atomic E-state index is -0.0902. The molecular formula is C12H21NO. The van der Waals surface area contributed by atoms with Gasteiger partial charge in [0.05, 0.1) is 6.10 Å². The molecule has 2 N–H and O–H groups in total. The maximum absolute atomic E-state index is 9.60. The van der Waals surface area contributed by atoms with Crippen molar-refractivity contribution in [2.45, 2.75) is 57.1 Å². The molecule has 80 valence electrons. The van der Waals surface area contributed by atoms with Crippen LogP contribution in [0.1, 0.15) is 44.9 Å². The van der Waals surface area contributed by atoms with E-state index in [1.54, 1.807) is 5.57 Å². The fourth-order valence-corrected chi connectivity index (χ4v) is 2.56. The largest absolute Gasteiger partial charge is 0.392 e. The van der Waals surface area contributed by atoms with Crippen LogP contribution in [0.3, 0.4) is 0 Å². The maximum atomic E-state index is 9.60. The van der Waals surface area contributed by atoms with Crippen LogP contribution in [0.15, 0.2) is 11.6 Å². The summed E-state index contributed by atoms with van der Waals surface area (Å²) < 4.78 is 0. The lowest BCUT2D eigenvalue weighted by molar-refractivity contribution is 0.149. The van der Waals surface area contributed by atoms with Crippen molar-refractivity contribution in [1.82, 2.24) is 5.32 Å². The normalized spacial score (nSPS) is 32.2. The Hall–Kier alpha value is -0.340. The van der Waals surface area contributed by atoms with E-state index in [1.807, 2.05) is 0 Å². The zero-order valence-electron chi connectivity index (χ0n) is 8.84. The zero-order chi connectivity index (χ0) is 9.80. The molecule has 2 aliphatic carbocycles. The SMILES string of the molecule is O[C@H]1CCC[C@@H]1NCCC1=CCCC1. The van der Waals surface area contributed by atoms with Crippen molar-refractivity contribution in [3.05, 3.63) is 11.6 Å². The van der Waals surface area contributed by atoms with Gasteiger partial charge in [-0.1, -0.05) is 11.6 Å². The molecule has 0 aromatic rings. The quantitative estimate of drug-likeness (QED) is 0.672. The van der Waals surface area contributed by atoms with Crippen molar-refractivity contribution >= 4 is 0 Å². The molecule has 0 spiro atoms. The van der Waals surface area contributed by atoms with Gasteiger partial charge in [-0.15, -0.1) is 0 Å². The molecule has 14 heavy (non-hydrogen) atoms. The molecule has 0 aromatic heterocycles. The Morgan fingerprint density at radius 3 is 2.93 bits per heavy atom. The molecule has 2 aliphatic rings. The van der Waals surface area contributed by atoms with Gasteiger partial charge in [0, 0.05) is 6.04 Å². The molecule has 2 atom stereocenters. The topological polar surface area (TPSA) is 32.3 Å². The molecule has 2 nitrogen and oxygen atoms in total. The van der Waals surface area contributed by atoms with Crippen molar-refractivity contribution in [3.63, 3.8) is 0 Å². The van der Waals surface area contributed by atoms with Gasteiger partial charge < -0.3 is 10.4 Å². The summed E-state index contributed by atoms with van der Waals surface area (Å²) in [5, 5.41) is 13.1. The van der Waals surface area contributed by atoms with Gasteiger partial charge in [-0.2, -0.15) is 0 Å².